The molecule has 2 aromatic carbocycles. The lowest BCUT2D eigenvalue weighted by Crippen LogP contribution is -2.22. The highest BCUT2D eigenvalue weighted by Crippen LogP contribution is 2.28. The maximum Gasteiger partial charge on any atom is 0.277 e. The normalized spacial score (nSPS) is 11.6. The van der Waals surface area contributed by atoms with Crippen LogP contribution in [0.4, 0.5) is 5.69 Å². The van der Waals surface area contributed by atoms with Crippen LogP contribution in [0.25, 0.3) is 11.5 Å². The first-order valence-electron chi connectivity index (χ1n) is 7.94. The molecule has 26 heavy (non-hydrogen) atoms. The van der Waals surface area contributed by atoms with Crippen LogP contribution in [0.15, 0.2) is 58.2 Å². The quantitative estimate of drug-likeness (QED) is 0.687. The van der Waals surface area contributed by atoms with Crippen molar-refractivity contribution >= 4 is 23.4 Å². The van der Waals surface area contributed by atoms with Gasteiger partial charge in [0, 0.05) is 11.3 Å². The standard InChI is InChI=1S/C19H16N4O2S/c1-12-5-3-4-6-16(12)18-22-23-19(25-18)26-13(2)17(24)21-15-9-7-14(11-20)8-10-15/h3-10,13H,1-2H3,(H,21,24)/t13-/m0/s1. The van der Waals surface area contributed by atoms with Crippen LogP contribution in [-0.4, -0.2) is 21.4 Å². The van der Waals surface area contributed by atoms with Crippen molar-refractivity contribution in [3.63, 3.8) is 0 Å². The van der Waals surface area contributed by atoms with E-state index < -0.39 is 5.25 Å². The van der Waals surface area contributed by atoms with Crippen molar-refractivity contribution in [2.24, 2.45) is 0 Å². The molecule has 0 aliphatic rings. The molecule has 3 aromatic rings. The van der Waals surface area contributed by atoms with E-state index in [4.69, 9.17) is 9.68 Å². The van der Waals surface area contributed by atoms with E-state index in [0.717, 1.165) is 11.1 Å². The zero-order valence-electron chi connectivity index (χ0n) is 14.3. The van der Waals surface area contributed by atoms with E-state index in [1.54, 1.807) is 31.2 Å². The summed E-state index contributed by atoms with van der Waals surface area (Å²) in [4.78, 5) is 12.3. The monoisotopic (exact) mass is 364 g/mol. The summed E-state index contributed by atoms with van der Waals surface area (Å²) in [5.41, 5.74) is 3.09. The van der Waals surface area contributed by atoms with Gasteiger partial charge >= 0.3 is 0 Å². The van der Waals surface area contributed by atoms with Gasteiger partial charge < -0.3 is 9.73 Å². The number of nitrogens with zero attached hydrogens (tertiary/aromatic N) is 3. The van der Waals surface area contributed by atoms with Crippen LogP contribution in [0.5, 0.6) is 0 Å². The maximum atomic E-state index is 12.3. The molecule has 0 spiro atoms. The molecule has 0 fully saturated rings. The molecular weight excluding hydrogens is 348 g/mol. The molecule has 130 valence electrons. The second-order valence-corrected chi connectivity index (χ2v) is 6.92. The van der Waals surface area contributed by atoms with Gasteiger partial charge in [-0.1, -0.05) is 30.0 Å². The van der Waals surface area contributed by atoms with E-state index in [9.17, 15) is 4.79 Å². The van der Waals surface area contributed by atoms with Crippen molar-refractivity contribution in [1.82, 2.24) is 10.2 Å². The first-order chi connectivity index (χ1) is 12.6. The molecule has 7 heteroatoms. The van der Waals surface area contributed by atoms with E-state index in [0.29, 0.717) is 22.4 Å². The molecule has 1 N–H and O–H groups in total. The molecule has 0 aliphatic carbocycles. The fourth-order valence-corrected chi connectivity index (χ4v) is 2.94. The minimum atomic E-state index is -0.421. The Bertz CT molecular complexity index is 960. The predicted molar refractivity (Wildman–Crippen MR) is 99.6 cm³/mol. The van der Waals surface area contributed by atoms with Gasteiger partial charge in [-0.15, -0.1) is 10.2 Å². The van der Waals surface area contributed by atoms with Crippen LogP contribution in [0, 0.1) is 18.3 Å². The molecule has 1 heterocycles. The largest absolute Gasteiger partial charge is 0.411 e. The second-order valence-electron chi connectivity index (χ2n) is 5.63. The van der Waals surface area contributed by atoms with Crippen LogP contribution >= 0.6 is 11.8 Å². The lowest BCUT2D eigenvalue weighted by atomic mass is 10.1. The van der Waals surface area contributed by atoms with E-state index in [-0.39, 0.29) is 5.91 Å². The minimum absolute atomic E-state index is 0.185. The zero-order chi connectivity index (χ0) is 18.5. The Morgan fingerprint density at radius 3 is 2.62 bits per heavy atom. The van der Waals surface area contributed by atoms with Gasteiger partial charge in [0.1, 0.15) is 0 Å². The van der Waals surface area contributed by atoms with Gasteiger partial charge in [0.2, 0.25) is 11.8 Å². The van der Waals surface area contributed by atoms with Crippen molar-refractivity contribution in [3.8, 4) is 17.5 Å². The summed E-state index contributed by atoms with van der Waals surface area (Å²) in [6, 6.07) is 16.5. The third-order valence-corrected chi connectivity index (χ3v) is 4.64. The summed E-state index contributed by atoms with van der Waals surface area (Å²) in [7, 11) is 0. The average Bonchev–Trinajstić information content (AvgIpc) is 3.11. The number of amides is 1. The summed E-state index contributed by atoms with van der Waals surface area (Å²) in [5, 5.41) is 19.6. The van der Waals surface area contributed by atoms with Crippen molar-refractivity contribution in [1.29, 1.82) is 5.26 Å². The van der Waals surface area contributed by atoms with Crippen LogP contribution in [-0.2, 0) is 4.79 Å². The van der Waals surface area contributed by atoms with Crippen LogP contribution < -0.4 is 5.32 Å². The lowest BCUT2D eigenvalue weighted by Gasteiger charge is -2.09. The summed E-state index contributed by atoms with van der Waals surface area (Å²) < 4.78 is 5.68. The molecule has 0 saturated heterocycles. The number of carbonyl (C=O) groups is 1. The Balaban J connectivity index is 1.64. The number of nitriles is 1. The molecule has 0 radical (unpaired) electrons. The fraction of sp³-hybridized carbons (Fsp3) is 0.158. The summed E-state index contributed by atoms with van der Waals surface area (Å²) in [6.45, 7) is 3.74. The first kappa shape index (κ1) is 17.7. The fourth-order valence-electron chi connectivity index (χ4n) is 2.26. The van der Waals surface area contributed by atoms with Gasteiger partial charge in [-0.25, -0.2) is 0 Å². The smallest absolute Gasteiger partial charge is 0.277 e. The molecule has 1 aromatic heterocycles. The number of nitrogens with one attached hydrogen (secondary N) is 1. The molecule has 0 saturated carbocycles. The first-order valence-corrected chi connectivity index (χ1v) is 8.82. The second kappa shape index (κ2) is 7.85. The number of hydrogen-bond donors (Lipinski definition) is 1. The number of rotatable bonds is 5. The zero-order valence-corrected chi connectivity index (χ0v) is 15.1. The van der Waals surface area contributed by atoms with Crippen molar-refractivity contribution in [2.75, 3.05) is 5.32 Å². The highest BCUT2D eigenvalue weighted by atomic mass is 32.2. The van der Waals surface area contributed by atoms with E-state index in [1.165, 1.54) is 11.8 Å². The van der Waals surface area contributed by atoms with Gasteiger partial charge in [0.05, 0.1) is 16.9 Å². The highest BCUT2D eigenvalue weighted by Gasteiger charge is 2.19. The number of hydrogen-bond acceptors (Lipinski definition) is 6. The van der Waals surface area contributed by atoms with Crippen LogP contribution in [0.2, 0.25) is 0 Å². The Morgan fingerprint density at radius 1 is 1.19 bits per heavy atom. The van der Waals surface area contributed by atoms with Gasteiger partial charge in [0.15, 0.2) is 0 Å². The summed E-state index contributed by atoms with van der Waals surface area (Å²) in [5.74, 6) is 0.251. The van der Waals surface area contributed by atoms with Gasteiger partial charge in [-0.2, -0.15) is 5.26 Å². The molecule has 0 unspecified atom stereocenters. The Labute approximate surface area is 155 Å². The third-order valence-electron chi connectivity index (χ3n) is 3.71. The number of aryl methyl sites for hydroxylation is 1. The van der Waals surface area contributed by atoms with Gasteiger partial charge in [0.25, 0.3) is 5.22 Å². The van der Waals surface area contributed by atoms with Crippen molar-refractivity contribution in [3.05, 3.63) is 59.7 Å². The Hall–Kier alpha value is -3.11. The molecule has 6 nitrogen and oxygen atoms in total. The minimum Gasteiger partial charge on any atom is -0.411 e. The SMILES string of the molecule is Cc1ccccc1-c1nnc(S[C@@H](C)C(=O)Nc2ccc(C#N)cc2)o1. The van der Waals surface area contributed by atoms with Gasteiger partial charge in [-0.05, 0) is 49.7 Å². The molecule has 1 amide bonds. The highest BCUT2D eigenvalue weighted by molar-refractivity contribution is 8.00. The van der Waals surface area contributed by atoms with Crippen molar-refractivity contribution < 1.29 is 9.21 Å². The molecule has 3 rings (SSSR count). The lowest BCUT2D eigenvalue weighted by molar-refractivity contribution is -0.115. The molecule has 1 atom stereocenters. The topological polar surface area (TPSA) is 91.8 Å². The Morgan fingerprint density at radius 2 is 1.92 bits per heavy atom. The summed E-state index contributed by atoms with van der Waals surface area (Å²) >= 11 is 1.20. The van der Waals surface area contributed by atoms with Crippen LogP contribution in [0.1, 0.15) is 18.1 Å². The summed E-state index contributed by atoms with van der Waals surface area (Å²) in [6.07, 6.45) is 0. The number of anilines is 1. The van der Waals surface area contributed by atoms with E-state index in [2.05, 4.69) is 15.5 Å². The number of benzene rings is 2. The average molecular weight is 364 g/mol. The number of aromatic nitrogens is 2. The van der Waals surface area contributed by atoms with E-state index in [1.807, 2.05) is 37.3 Å². The van der Waals surface area contributed by atoms with E-state index >= 15 is 0 Å². The molecular formula is C19H16N4O2S. The number of thioether (sulfide) groups is 1. The van der Waals surface area contributed by atoms with Crippen molar-refractivity contribution in [2.45, 2.75) is 24.3 Å². The van der Waals surface area contributed by atoms with Gasteiger partial charge in [-0.3, -0.25) is 4.79 Å². The predicted octanol–water partition coefficient (Wildman–Crippen LogP) is 4.04. The Kier molecular flexibility index (Phi) is 5.34. The number of carbonyl (C=O) groups excluding carboxylic acids is 1. The molecule has 0 aliphatic heterocycles. The van der Waals surface area contributed by atoms with Crippen LogP contribution in [0.3, 0.4) is 0 Å². The molecule has 0 bridgehead atoms. The third kappa shape index (κ3) is 4.10. The maximum absolute atomic E-state index is 12.3.